The van der Waals surface area contributed by atoms with Crippen LogP contribution in [0.2, 0.25) is 0 Å². The van der Waals surface area contributed by atoms with Crippen molar-refractivity contribution in [1.29, 1.82) is 0 Å². The Morgan fingerprint density at radius 2 is 1.94 bits per heavy atom. The average molecular weight is 292 g/mol. The van der Waals surface area contributed by atoms with Gasteiger partial charge in [-0.05, 0) is 46.9 Å². The minimum atomic E-state index is -0.496. The number of hydrogen-bond donors (Lipinski definition) is 1. The van der Waals surface area contributed by atoms with Crippen molar-refractivity contribution < 1.29 is 8.78 Å². The van der Waals surface area contributed by atoms with Crippen LogP contribution in [-0.4, -0.2) is 13.6 Å². The van der Waals surface area contributed by atoms with E-state index >= 15 is 0 Å². The summed E-state index contributed by atoms with van der Waals surface area (Å²) in [6.45, 7) is 4.66. The predicted molar refractivity (Wildman–Crippen MR) is 65.5 cm³/mol. The van der Waals surface area contributed by atoms with Gasteiger partial charge in [-0.25, -0.2) is 8.78 Å². The molecule has 0 heterocycles. The molecule has 0 saturated carbocycles. The van der Waals surface area contributed by atoms with Gasteiger partial charge in [0.25, 0.3) is 0 Å². The molecule has 1 rings (SSSR count). The molecule has 0 atom stereocenters. The molecule has 90 valence electrons. The maximum absolute atomic E-state index is 13.7. The summed E-state index contributed by atoms with van der Waals surface area (Å²) in [5.74, 6) is -0.978. The summed E-state index contributed by atoms with van der Waals surface area (Å²) in [6.07, 6.45) is 0.366. The van der Waals surface area contributed by atoms with Crippen LogP contribution < -0.4 is 5.32 Å². The van der Waals surface area contributed by atoms with E-state index in [1.807, 2.05) is 20.9 Å². The summed E-state index contributed by atoms with van der Waals surface area (Å²) in [6, 6.07) is 2.68. The van der Waals surface area contributed by atoms with Crippen LogP contribution in [0.5, 0.6) is 0 Å². The van der Waals surface area contributed by atoms with E-state index in [0.717, 1.165) is 0 Å². The third-order valence-electron chi connectivity index (χ3n) is 2.45. The Kier molecular flexibility index (Phi) is 4.44. The lowest BCUT2D eigenvalue weighted by Crippen LogP contribution is -2.29. The van der Waals surface area contributed by atoms with E-state index in [1.165, 1.54) is 12.1 Å². The van der Waals surface area contributed by atoms with Crippen molar-refractivity contribution >= 4 is 15.9 Å². The molecule has 16 heavy (non-hydrogen) atoms. The van der Waals surface area contributed by atoms with Crippen molar-refractivity contribution in [3.8, 4) is 0 Å². The number of benzene rings is 1. The second-order valence-electron chi connectivity index (χ2n) is 4.69. The molecule has 4 heteroatoms. The van der Waals surface area contributed by atoms with Crippen molar-refractivity contribution in [3.05, 3.63) is 33.8 Å². The number of rotatable bonds is 4. The molecule has 0 saturated heterocycles. The fourth-order valence-electron chi connectivity index (χ4n) is 1.75. The predicted octanol–water partition coefficient (Wildman–Crippen LogP) is 3.52. The fraction of sp³-hybridized carbons (Fsp3) is 0.500. The molecule has 0 unspecified atom stereocenters. The average Bonchev–Trinajstić information content (AvgIpc) is 2.19. The van der Waals surface area contributed by atoms with Crippen LogP contribution in [0.4, 0.5) is 8.78 Å². The van der Waals surface area contributed by atoms with Crippen LogP contribution in [0.15, 0.2) is 16.6 Å². The third kappa shape index (κ3) is 3.25. The van der Waals surface area contributed by atoms with Crippen molar-refractivity contribution in [2.24, 2.45) is 5.41 Å². The molecule has 0 amide bonds. The van der Waals surface area contributed by atoms with Gasteiger partial charge in [-0.2, -0.15) is 0 Å². The first-order chi connectivity index (χ1) is 7.37. The first kappa shape index (κ1) is 13.6. The monoisotopic (exact) mass is 291 g/mol. The summed E-state index contributed by atoms with van der Waals surface area (Å²) < 4.78 is 27.6. The lowest BCUT2D eigenvalue weighted by Gasteiger charge is -2.24. The fourth-order valence-corrected chi connectivity index (χ4v) is 2.12. The van der Waals surface area contributed by atoms with Gasteiger partial charge in [-0.15, -0.1) is 0 Å². The topological polar surface area (TPSA) is 12.0 Å². The lowest BCUT2D eigenvalue weighted by molar-refractivity contribution is 0.337. The molecule has 0 fully saturated rings. The van der Waals surface area contributed by atoms with Gasteiger partial charge in [0.05, 0.1) is 4.47 Å². The molecule has 0 aliphatic heterocycles. The van der Waals surface area contributed by atoms with Crippen molar-refractivity contribution in [1.82, 2.24) is 5.32 Å². The Morgan fingerprint density at radius 1 is 1.31 bits per heavy atom. The molecule has 0 aliphatic rings. The molecular weight excluding hydrogens is 276 g/mol. The molecule has 0 radical (unpaired) electrons. The molecule has 1 aromatic carbocycles. The maximum atomic E-state index is 13.7. The Hall–Kier alpha value is -0.480. The maximum Gasteiger partial charge on any atom is 0.143 e. The van der Waals surface area contributed by atoms with Crippen molar-refractivity contribution in [3.63, 3.8) is 0 Å². The van der Waals surface area contributed by atoms with Crippen molar-refractivity contribution in [2.75, 3.05) is 13.6 Å². The van der Waals surface area contributed by atoms with E-state index in [2.05, 4.69) is 21.2 Å². The summed E-state index contributed by atoms with van der Waals surface area (Å²) >= 11 is 3.07. The molecule has 0 aromatic heterocycles. The van der Waals surface area contributed by atoms with Crippen LogP contribution in [0, 0.1) is 17.0 Å². The highest BCUT2D eigenvalue weighted by molar-refractivity contribution is 9.10. The van der Waals surface area contributed by atoms with Crippen LogP contribution in [0.1, 0.15) is 19.4 Å². The quantitative estimate of drug-likeness (QED) is 0.837. The van der Waals surface area contributed by atoms with Crippen molar-refractivity contribution in [2.45, 2.75) is 20.3 Å². The number of hydrogen-bond acceptors (Lipinski definition) is 1. The molecule has 0 bridgehead atoms. The van der Waals surface area contributed by atoms with Gasteiger partial charge in [-0.1, -0.05) is 13.8 Å². The Bertz CT molecular complexity index is 378. The highest BCUT2D eigenvalue weighted by Gasteiger charge is 2.23. The molecule has 0 aliphatic carbocycles. The summed E-state index contributed by atoms with van der Waals surface area (Å²) in [5, 5.41) is 3.03. The van der Waals surface area contributed by atoms with Gasteiger partial charge >= 0.3 is 0 Å². The third-order valence-corrected chi connectivity index (χ3v) is 3.06. The highest BCUT2D eigenvalue weighted by Crippen LogP contribution is 2.28. The van der Waals surface area contributed by atoms with E-state index in [4.69, 9.17) is 0 Å². The Balaban J connectivity index is 3.01. The molecule has 1 nitrogen and oxygen atoms in total. The lowest BCUT2D eigenvalue weighted by atomic mass is 9.85. The normalized spacial score (nSPS) is 11.9. The zero-order valence-electron chi connectivity index (χ0n) is 9.70. The zero-order valence-corrected chi connectivity index (χ0v) is 11.3. The smallest absolute Gasteiger partial charge is 0.143 e. The van der Waals surface area contributed by atoms with E-state index in [-0.39, 0.29) is 11.0 Å². The van der Waals surface area contributed by atoms with Crippen LogP contribution in [0.3, 0.4) is 0 Å². The van der Waals surface area contributed by atoms with Crippen LogP contribution in [0.25, 0.3) is 0 Å². The molecule has 0 spiro atoms. The molecule has 1 aromatic rings. The van der Waals surface area contributed by atoms with Gasteiger partial charge in [0.15, 0.2) is 0 Å². The standard InChI is InChI=1S/C12H16BrF2N/c1-12(2,7-16-3)6-8-10(14)5-4-9(13)11(8)15/h4-5,16H,6-7H2,1-3H3. The van der Waals surface area contributed by atoms with Crippen LogP contribution >= 0.6 is 15.9 Å². The first-order valence-electron chi connectivity index (χ1n) is 5.14. The van der Waals surface area contributed by atoms with Crippen LogP contribution in [-0.2, 0) is 6.42 Å². The van der Waals surface area contributed by atoms with Gasteiger partial charge in [0.2, 0.25) is 0 Å². The Labute approximate surface area is 103 Å². The number of nitrogens with one attached hydrogen (secondary N) is 1. The highest BCUT2D eigenvalue weighted by atomic mass is 79.9. The molecule has 1 N–H and O–H groups in total. The SMILES string of the molecule is CNCC(C)(C)Cc1c(F)ccc(Br)c1F. The summed E-state index contributed by atoms with van der Waals surface area (Å²) in [4.78, 5) is 0. The Morgan fingerprint density at radius 3 is 2.50 bits per heavy atom. The largest absolute Gasteiger partial charge is 0.319 e. The second kappa shape index (κ2) is 5.23. The minimum Gasteiger partial charge on any atom is -0.319 e. The van der Waals surface area contributed by atoms with Gasteiger partial charge in [0.1, 0.15) is 11.6 Å². The minimum absolute atomic E-state index is 0.148. The first-order valence-corrected chi connectivity index (χ1v) is 5.93. The van der Waals surface area contributed by atoms with E-state index < -0.39 is 11.6 Å². The van der Waals surface area contributed by atoms with E-state index in [0.29, 0.717) is 17.4 Å². The van der Waals surface area contributed by atoms with Gasteiger partial charge in [0, 0.05) is 12.1 Å². The number of halogens is 3. The summed E-state index contributed by atoms with van der Waals surface area (Å²) in [7, 11) is 1.83. The van der Waals surface area contributed by atoms with E-state index in [1.54, 1.807) is 0 Å². The zero-order chi connectivity index (χ0) is 12.3. The summed E-state index contributed by atoms with van der Waals surface area (Å²) in [5.41, 5.74) is -0.0355. The van der Waals surface area contributed by atoms with Gasteiger partial charge < -0.3 is 5.32 Å². The second-order valence-corrected chi connectivity index (χ2v) is 5.55. The molecular formula is C12H16BrF2N. The van der Waals surface area contributed by atoms with E-state index in [9.17, 15) is 8.78 Å². The van der Waals surface area contributed by atoms with Gasteiger partial charge in [-0.3, -0.25) is 0 Å².